The number of esters is 1. The molecule has 1 saturated heterocycles. The predicted octanol–water partition coefficient (Wildman–Crippen LogP) is 4.03. The van der Waals surface area contributed by atoms with Gasteiger partial charge in [0, 0.05) is 6.54 Å². The summed E-state index contributed by atoms with van der Waals surface area (Å²) >= 11 is 0. The van der Waals surface area contributed by atoms with Gasteiger partial charge in [-0.1, -0.05) is 42.5 Å². The number of methoxy groups -OCH3 is 1. The van der Waals surface area contributed by atoms with Gasteiger partial charge in [-0.3, -0.25) is 9.69 Å². The first-order valence-electron chi connectivity index (χ1n) is 9.69. The third-order valence-corrected chi connectivity index (χ3v) is 6.79. The quantitative estimate of drug-likeness (QED) is 0.670. The molecule has 3 heteroatoms. The highest BCUT2D eigenvalue weighted by molar-refractivity contribution is 5.77. The van der Waals surface area contributed by atoms with E-state index in [1.54, 1.807) is 0 Å². The van der Waals surface area contributed by atoms with Crippen LogP contribution in [0.2, 0.25) is 0 Å². The van der Waals surface area contributed by atoms with Crippen molar-refractivity contribution >= 4 is 5.97 Å². The Kier molecular flexibility index (Phi) is 3.68. The summed E-state index contributed by atoms with van der Waals surface area (Å²) in [5.41, 5.74) is 7.38. The zero-order valence-corrected chi connectivity index (χ0v) is 15.3. The van der Waals surface area contributed by atoms with Crippen molar-refractivity contribution in [2.24, 2.45) is 11.3 Å². The number of rotatable bonds is 3. The molecular formula is C23H25NO2. The van der Waals surface area contributed by atoms with Gasteiger partial charge in [0.2, 0.25) is 0 Å². The van der Waals surface area contributed by atoms with Gasteiger partial charge in [0.15, 0.2) is 0 Å². The topological polar surface area (TPSA) is 29.5 Å². The fourth-order valence-electron chi connectivity index (χ4n) is 5.09. The monoisotopic (exact) mass is 347 g/mol. The molecule has 0 aromatic heterocycles. The SMILES string of the molecule is COC(=O)C1CC12CCN(Cc1ccc3c(c1)Cc1ccccc1-3)CC2. The first-order valence-corrected chi connectivity index (χ1v) is 9.69. The number of likely N-dealkylation sites (tertiary alicyclic amines) is 1. The maximum Gasteiger partial charge on any atom is 0.309 e. The van der Waals surface area contributed by atoms with Crippen LogP contribution in [0.1, 0.15) is 36.0 Å². The van der Waals surface area contributed by atoms with E-state index in [4.69, 9.17) is 4.74 Å². The second kappa shape index (κ2) is 5.95. The van der Waals surface area contributed by atoms with Gasteiger partial charge in [0.25, 0.3) is 0 Å². The van der Waals surface area contributed by atoms with Crippen molar-refractivity contribution in [2.75, 3.05) is 20.2 Å². The minimum atomic E-state index is -0.00311. The maximum atomic E-state index is 11.8. The smallest absolute Gasteiger partial charge is 0.309 e. The fourth-order valence-corrected chi connectivity index (χ4v) is 5.09. The van der Waals surface area contributed by atoms with E-state index in [0.29, 0.717) is 0 Å². The van der Waals surface area contributed by atoms with Crippen LogP contribution in [0.3, 0.4) is 0 Å². The zero-order chi connectivity index (χ0) is 17.7. The number of carbonyl (C=O) groups is 1. The standard InChI is InChI=1S/C23H25NO2/c1-26-22(25)21-14-23(21)8-10-24(11-9-23)15-16-6-7-20-18(12-16)13-17-4-2-3-5-19(17)20/h2-7,12,21H,8-11,13-15H2,1H3. The molecule has 3 nitrogen and oxygen atoms in total. The predicted molar refractivity (Wildman–Crippen MR) is 102 cm³/mol. The number of hydrogen-bond acceptors (Lipinski definition) is 3. The summed E-state index contributed by atoms with van der Waals surface area (Å²) < 4.78 is 4.94. The van der Waals surface area contributed by atoms with Crippen LogP contribution >= 0.6 is 0 Å². The molecule has 1 aliphatic heterocycles. The third-order valence-electron chi connectivity index (χ3n) is 6.79. The first kappa shape index (κ1) is 16.1. The van der Waals surface area contributed by atoms with Crippen LogP contribution in [0.15, 0.2) is 42.5 Å². The van der Waals surface area contributed by atoms with E-state index >= 15 is 0 Å². The highest BCUT2D eigenvalue weighted by Crippen LogP contribution is 2.59. The average molecular weight is 347 g/mol. The summed E-state index contributed by atoms with van der Waals surface area (Å²) in [4.78, 5) is 14.3. The second-order valence-electron chi connectivity index (χ2n) is 8.24. The molecule has 3 aliphatic rings. The summed E-state index contributed by atoms with van der Waals surface area (Å²) in [5, 5.41) is 0. The number of ether oxygens (including phenoxy) is 1. The van der Waals surface area contributed by atoms with Gasteiger partial charge >= 0.3 is 5.97 Å². The second-order valence-corrected chi connectivity index (χ2v) is 8.24. The minimum Gasteiger partial charge on any atom is -0.469 e. The molecule has 26 heavy (non-hydrogen) atoms. The molecule has 1 unspecified atom stereocenters. The molecule has 2 fully saturated rings. The Hall–Kier alpha value is -2.13. The van der Waals surface area contributed by atoms with Crippen molar-refractivity contribution in [3.63, 3.8) is 0 Å². The van der Waals surface area contributed by atoms with E-state index in [2.05, 4.69) is 47.4 Å². The molecule has 134 valence electrons. The van der Waals surface area contributed by atoms with E-state index in [-0.39, 0.29) is 17.3 Å². The van der Waals surface area contributed by atoms with Gasteiger partial charge in [0.05, 0.1) is 13.0 Å². The Bertz CT molecular complexity index is 864. The Balaban J connectivity index is 1.24. The van der Waals surface area contributed by atoms with Crippen molar-refractivity contribution < 1.29 is 9.53 Å². The van der Waals surface area contributed by atoms with Crippen LogP contribution < -0.4 is 0 Å². The molecule has 0 N–H and O–H groups in total. The third kappa shape index (κ3) is 2.57. The highest BCUT2D eigenvalue weighted by Gasteiger charge is 2.59. The minimum absolute atomic E-state index is 0.00311. The zero-order valence-electron chi connectivity index (χ0n) is 15.3. The lowest BCUT2D eigenvalue weighted by atomic mass is 9.90. The molecule has 1 heterocycles. The summed E-state index contributed by atoms with van der Waals surface area (Å²) in [5.74, 6) is 0.157. The first-order chi connectivity index (χ1) is 12.7. The van der Waals surface area contributed by atoms with Crippen LogP contribution in [-0.4, -0.2) is 31.1 Å². The number of nitrogens with zero attached hydrogens (tertiary/aromatic N) is 1. The summed E-state index contributed by atoms with van der Waals surface area (Å²) in [6.07, 6.45) is 4.35. The highest BCUT2D eigenvalue weighted by atomic mass is 16.5. The van der Waals surface area contributed by atoms with E-state index in [9.17, 15) is 4.79 Å². The Morgan fingerprint density at radius 1 is 1.12 bits per heavy atom. The van der Waals surface area contributed by atoms with Crippen molar-refractivity contribution in [3.05, 3.63) is 59.2 Å². The molecule has 0 bridgehead atoms. The van der Waals surface area contributed by atoms with Crippen LogP contribution in [-0.2, 0) is 22.5 Å². The van der Waals surface area contributed by atoms with Crippen LogP contribution in [0.4, 0.5) is 0 Å². The van der Waals surface area contributed by atoms with Gasteiger partial charge in [-0.25, -0.2) is 0 Å². The maximum absolute atomic E-state index is 11.8. The van der Waals surface area contributed by atoms with E-state index < -0.39 is 0 Å². The molecule has 5 rings (SSSR count). The van der Waals surface area contributed by atoms with Gasteiger partial charge in [-0.2, -0.15) is 0 Å². The summed E-state index contributed by atoms with van der Waals surface area (Å²) in [6.45, 7) is 3.19. The van der Waals surface area contributed by atoms with Crippen molar-refractivity contribution in [2.45, 2.75) is 32.2 Å². The molecule has 2 aliphatic carbocycles. The molecule has 2 aromatic carbocycles. The van der Waals surface area contributed by atoms with Gasteiger partial charge in [-0.15, -0.1) is 0 Å². The normalized spacial score (nSPS) is 22.7. The van der Waals surface area contributed by atoms with E-state index in [1.807, 2.05) is 0 Å². The molecule has 2 aromatic rings. The summed E-state index contributed by atoms with van der Waals surface area (Å²) in [7, 11) is 1.51. The summed E-state index contributed by atoms with van der Waals surface area (Å²) in [6, 6.07) is 15.7. The number of piperidine rings is 1. The van der Waals surface area contributed by atoms with Crippen LogP contribution in [0.5, 0.6) is 0 Å². The van der Waals surface area contributed by atoms with E-state index in [0.717, 1.165) is 45.3 Å². The van der Waals surface area contributed by atoms with Crippen LogP contribution in [0.25, 0.3) is 11.1 Å². The van der Waals surface area contributed by atoms with Crippen molar-refractivity contribution in [1.29, 1.82) is 0 Å². The number of carbonyl (C=O) groups excluding carboxylic acids is 1. The van der Waals surface area contributed by atoms with Gasteiger partial charge in [-0.05, 0) is 72.0 Å². The van der Waals surface area contributed by atoms with Crippen LogP contribution in [0, 0.1) is 11.3 Å². The number of benzene rings is 2. The largest absolute Gasteiger partial charge is 0.469 e. The number of hydrogen-bond donors (Lipinski definition) is 0. The molecule has 1 spiro atoms. The molecule has 1 saturated carbocycles. The van der Waals surface area contributed by atoms with Gasteiger partial charge in [0.1, 0.15) is 0 Å². The van der Waals surface area contributed by atoms with Crippen molar-refractivity contribution in [3.8, 4) is 11.1 Å². The van der Waals surface area contributed by atoms with E-state index in [1.165, 1.54) is 34.9 Å². The molecular weight excluding hydrogens is 322 g/mol. The van der Waals surface area contributed by atoms with Gasteiger partial charge < -0.3 is 4.74 Å². The fraction of sp³-hybridized carbons (Fsp3) is 0.435. The lowest BCUT2D eigenvalue weighted by Gasteiger charge is -2.32. The lowest BCUT2D eigenvalue weighted by molar-refractivity contribution is -0.143. The Morgan fingerprint density at radius 2 is 1.88 bits per heavy atom. The average Bonchev–Trinajstić information content (AvgIpc) is 3.24. The molecule has 0 amide bonds. The molecule has 1 atom stereocenters. The molecule has 0 radical (unpaired) electrons. The van der Waals surface area contributed by atoms with Crippen molar-refractivity contribution in [1.82, 2.24) is 4.90 Å². The Labute approximate surface area is 155 Å². The number of fused-ring (bicyclic) bond motifs is 3. The lowest BCUT2D eigenvalue weighted by Crippen LogP contribution is -2.35. The Morgan fingerprint density at radius 3 is 2.69 bits per heavy atom.